The molecule has 0 nitrogen and oxygen atoms in total. The van der Waals surface area contributed by atoms with E-state index < -0.39 is 0 Å². The molecule has 0 saturated heterocycles. The van der Waals surface area contributed by atoms with Gasteiger partial charge in [0.1, 0.15) is 0 Å². The molecule has 78 valence electrons. The highest BCUT2D eigenvalue weighted by Crippen LogP contribution is 2.20. The Morgan fingerprint density at radius 2 is 1.87 bits per heavy atom. The van der Waals surface area contributed by atoms with Gasteiger partial charge in [0.15, 0.2) is 0 Å². The largest absolute Gasteiger partial charge is 0.0984 e. The van der Waals surface area contributed by atoms with E-state index in [1.165, 1.54) is 16.7 Å². The van der Waals surface area contributed by atoms with Crippen LogP contribution >= 0.6 is 0 Å². The highest BCUT2D eigenvalue weighted by atomic mass is 14.0. The lowest BCUT2D eigenvalue weighted by Crippen LogP contribution is -1.86. The topological polar surface area (TPSA) is 0 Å². The van der Waals surface area contributed by atoms with Crippen LogP contribution in [0.5, 0.6) is 0 Å². The number of allylic oxidation sites excluding steroid dienone is 4. The minimum atomic E-state index is 1.04. The Hall–Kier alpha value is -1.56. The number of aryl methyl sites for hydroxylation is 2. The smallest absolute Gasteiger partial charge is 0.0181 e. The van der Waals surface area contributed by atoms with Crippen molar-refractivity contribution in [1.82, 2.24) is 0 Å². The van der Waals surface area contributed by atoms with Crippen molar-refractivity contribution >= 4 is 5.57 Å². The zero-order valence-electron chi connectivity index (χ0n) is 9.80. The molecular formula is C15H18. The van der Waals surface area contributed by atoms with Crippen LogP contribution in [0, 0.1) is 13.8 Å². The summed E-state index contributed by atoms with van der Waals surface area (Å²) in [4.78, 5) is 0. The molecule has 0 N–H and O–H groups in total. The lowest BCUT2D eigenvalue weighted by molar-refractivity contribution is 1.33. The van der Waals surface area contributed by atoms with Crippen molar-refractivity contribution in [2.24, 2.45) is 0 Å². The molecule has 0 fully saturated rings. The fraction of sp³-hybridized carbons (Fsp3) is 0.200. The molecule has 0 aliphatic carbocycles. The van der Waals surface area contributed by atoms with Crippen molar-refractivity contribution in [1.29, 1.82) is 0 Å². The minimum Gasteiger partial charge on any atom is -0.0984 e. The highest BCUT2D eigenvalue weighted by molar-refractivity contribution is 5.75. The molecule has 0 atom stereocenters. The molecule has 0 heteroatoms. The lowest BCUT2D eigenvalue weighted by atomic mass is 9.99. The third-order valence-corrected chi connectivity index (χ3v) is 2.46. The van der Waals surface area contributed by atoms with Gasteiger partial charge in [0.25, 0.3) is 0 Å². The second-order valence-corrected chi connectivity index (χ2v) is 3.95. The van der Waals surface area contributed by atoms with Crippen LogP contribution in [-0.4, -0.2) is 0 Å². The Bertz CT molecular complexity index is 420. The van der Waals surface area contributed by atoms with E-state index in [0.717, 1.165) is 11.1 Å². The molecule has 0 aliphatic heterocycles. The molecule has 0 aromatic heterocycles. The van der Waals surface area contributed by atoms with Crippen LogP contribution in [0.15, 0.2) is 49.1 Å². The zero-order valence-corrected chi connectivity index (χ0v) is 9.80. The molecular weight excluding hydrogens is 180 g/mol. The lowest BCUT2D eigenvalue weighted by Gasteiger charge is -2.06. The monoisotopic (exact) mass is 198 g/mol. The normalized spacial score (nSPS) is 11.3. The van der Waals surface area contributed by atoms with Gasteiger partial charge in [-0.1, -0.05) is 49.1 Å². The van der Waals surface area contributed by atoms with Crippen LogP contribution in [0.25, 0.3) is 5.57 Å². The van der Waals surface area contributed by atoms with E-state index in [1.807, 2.05) is 13.0 Å². The molecule has 0 saturated carbocycles. The summed E-state index contributed by atoms with van der Waals surface area (Å²) in [7, 11) is 0. The fourth-order valence-electron chi connectivity index (χ4n) is 1.45. The van der Waals surface area contributed by atoms with Gasteiger partial charge in [0, 0.05) is 0 Å². The van der Waals surface area contributed by atoms with Crippen molar-refractivity contribution < 1.29 is 0 Å². The first-order chi connectivity index (χ1) is 7.04. The van der Waals surface area contributed by atoms with Crippen molar-refractivity contribution in [2.75, 3.05) is 0 Å². The average molecular weight is 198 g/mol. The van der Waals surface area contributed by atoms with Gasteiger partial charge in [-0.15, -0.1) is 0 Å². The van der Waals surface area contributed by atoms with Gasteiger partial charge in [-0.05, 0) is 43.0 Å². The van der Waals surface area contributed by atoms with Gasteiger partial charge in [-0.3, -0.25) is 0 Å². The molecule has 0 aliphatic rings. The summed E-state index contributed by atoms with van der Waals surface area (Å²) in [6, 6.07) is 6.45. The third kappa shape index (κ3) is 2.95. The fourth-order valence-corrected chi connectivity index (χ4v) is 1.45. The Labute approximate surface area is 92.6 Å². The van der Waals surface area contributed by atoms with E-state index in [9.17, 15) is 0 Å². The first-order valence-corrected chi connectivity index (χ1v) is 5.12. The average Bonchev–Trinajstić information content (AvgIpc) is 2.18. The Morgan fingerprint density at radius 1 is 1.20 bits per heavy atom. The predicted molar refractivity (Wildman–Crippen MR) is 68.9 cm³/mol. The maximum Gasteiger partial charge on any atom is -0.0181 e. The van der Waals surface area contributed by atoms with Crippen molar-refractivity contribution in [3.8, 4) is 0 Å². The second kappa shape index (κ2) is 4.79. The van der Waals surface area contributed by atoms with Crippen LogP contribution in [0.1, 0.15) is 23.6 Å². The van der Waals surface area contributed by atoms with E-state index in [4.69, 9.17) is 0 Å². The van der Waals surface area contributed by atoms with Crippen LogP contribution in [0.4, 0.5) is 0 Å². The molecule has 1 rings (SSSR count). The van der Waals surface area contributed by atoms with Gasteiger partial charge >= 0.3 is 0 Å². The number of rotatable bonds is 3. The highest BCUT2D eigenvalue weighted by Gasteiger charge is 1.99. The summed E-state index contributed by atoms with van der Waals surface area (Å²) in [5, 5.41) is 0. The summed E-state index contributed by atoms with van der Waals surface area (Å²) in [5.74, 6) is 0. The van der Waals surface area contributed by atoms with E-state index in [0.29, 0.717) is 0 Å². The van der Waals surface area contributed by atoms with Crippen LogP contribution in [0.2, 0.25) is 0 Å². The van der Waals surface area contributed by atoms with Crippen LogP contribution < -0.4 is 0 Å². The van der Waals surface area contributed by atoms with Gasteiger partial charge in [0.2, 0.25) is 0 Å². The zero-order chi connectivity index (χ0) is 11.4. The maximum absolute atomic E-state index is 3.88. The van der Waals surface area contributed by atoms with Crippen LogP contribution in [0.3, 0.4) is 0 Å². The van der Waals surface area contributed by atoms with Crippen LogP contribution in [-0.2, 0) is 0 Å². The quantitative estimate of drug-likeness (QED) is 0.629. The molecule has 0 bridgehead atoms. The SMILES string of the molecule is C=C/C(=C\C(=C)C)c1ccc(C)c(C)c1. The number of hydrogen-bond acceptors (Lipinski definition) is 0. The number of hydrogen-bond donors (Lipinski definition) is 0. The maximum atomic E-state index is 3.88. The molecule has 0 radical (unpaired) electrons. The molecule has 0 spiro atoms. The van der Waals surface area contributed by atoms with E-state index in [-0.39, 0.29) is 0 Å². The second-order valence-electron chi connectivity index (χ2n) is 3.95. The third-order valence-electron chi connectivity index (χ3n) is 2.46. The van der Waals surface area contributed by atoms with Crippen molar-refractivity contribution in [3.63, 3.8) is 0 Å². The summed E-state index contributed by atoms with van der Waals surface area (Å²) in [6.07, 6.45) is 3.93. The van der Waals surface area contributed by atoms with E-state index >= 15 is 0 Å². The van der Waals surface area contributed by atoms with Crippen molar-refractivity contribution in [2.45, 2.75) is 20.8 Å². The summed E-state index contributed by atoms with van der Waals surface area (Å²) < 4.78 is 0. The molecule has 1 aromatic carbocycles. The molecule has 0 heterocycles. The van der Waals surface area contributed by atoms with E-state index in [1.54, 1.807) is 0 Å². The summed E-state index contributed by atoms with van der Waals surface area (Å²) in [6.45, 7) is 14.0. The Morgan fingerprint density at radius 3 is 2.33 bits per heavy atom. The molecule has 0 unspecified atom stereocenters. The van der Waals surface area contributed by atoms with Gasteiger partial charge in [-0.2, -0.15) is 0 Å². The van der Waals surface area contributed by atoms with Gasteiger partial charge < -0.3 is 0 Å². The van der Waals surface area contributed by atoms with Gasteiger partial charge in [-0.25, -0.2) is 0 Å². The van der Waals surface area contributed by atoms with Crippen molar-refractivity contribution in [3.05, 3.63) is 65.8 Å². The Kier molecular flexibility index (Phi) is 3.68. The standard InChI is InChI=1S/C15H18/c1-6-14(9-11(2)3)15-8-7-12(4)13(5)10-15/h6-10H,1-2H2,3-5H3/b14-9+. The van der Waals surface area contributed by atoms with E-state index in [2.05, 4.69) is 51.3 Å². The van der Waals surface area contributed by atoms with Gasteiger partial charge in [0.05, 0.1) is 0 Å². The summed E-state index contributed by atoms with van der Waals surface area (Å²) >= 11 is 0. The Balaban J connectivity index is 3.19. The summed E-state index contributed by atoms with van der Waals surface area (Å²) in [5.41, 5.74) is 6.00. The molecule has 15 heavy (non-hydrogen) atoms. The minimum absolute atomic E-state index is 1.04. The first kappa shape index (κ1) is 11.5. The number of benzene rings is 1. The molecule has 0 amide bonds. The first-order valence-electron chi connectivity index (χ1n) is 5.12. The predicted octanol–water partition coefficient (Wildman–Crippen LogP) is 4.45. The molecule has 1 aromatic rings.